The van der Waals surface area contributed by atoms with E-state index in [1.165, 1.54) is 25.7 Å². The molecular weight excluding hydrogens is 224 g/mol. The van der Waals surface area contributed by atoms with Crippen LogP contribution in [0.5, 0.6) is 0 Å². The smallest absolute Gasteiger partial charge is 0.226 e. The van der Waals surface area contributed by atoms with E-state index in [0.29, 0.717) is 23.8 Å². The molecule has 2 aliphatic carbocycles. The van der Waals surface area contributed by atoms with Crippen molar-refractivity contribution in [3.8, 4) is 0 Å². The van der Waals surface area contributed by atoms with E-state index in [1.807, 2.05) is 11.9 Å². The number of hydrogen-bond donors (Lipinski definition) is 1. The van der Waals surface area contributed by atoms with Crippen molar-refractivity contribution in [1.82, 2.24) is 10.2 Å². The summed E-state index contributed by atoms with van der Waals surface area (Å²) < 4.78 is 0. The lowest BCUT2D eigenvalue weighted by Gasteiger charge is -2.30. The van der Waals surface area contributed by atoms with E-state index in [-0.39, 0.29) is 5.92 Å². The van der Waals surface area contributed by atoms with Crippen LogP contribution in [0.1, 0.15) is 32.1 Å². The van der Waals surface area contributed by atoms with Gasteiger partial charge in [-0.1, -0.05) is 18.6 Å². The SMILES string of the molecule is CN(CC1CCCCN1)C(=O)C1CC2C=CC1C2. The normalized spacial score (nSPS) is 38.1. The van der Waals surface area contributed by atoms with Crippen LogP contribution in [0.4, 0.5) is 0 Å². The number of nitrogens with one attached hydrogen (secondary N) is 1. The maximum atomic E-state index is 12.5. The standard InChI is InChI=1S/C15H24N2O/c1-17(10-13-4-2-3-7-16-13)15(18)14-9-11-5-6-12(14)8-11/h5-6,11-14,16H,2-4,7-10H2,1H3. The third-order valence-electron chi connectivity index (χ3n) is 4.88. The second-order valence-corrected chi connectivity index (χ2v) is 6.25. The first-order chi connectivity index (χ1) is 8.74. The zero-order valence-corrected chi connectivity index (χ0v) is 11.3. The molecule has 4 unspecified atom stereocenters. The van der Waals surface area contributed by atoms with Crippen molar-refractivity contribution < 1.29 is 4.79 Å². The Bertz CT molecular complexity index is 346. The van der Waals surface area contributed by atoms with Crippen LogP contribution in [0.15, 0.2) is 12.2 Å². The molecule has 4 atom stereocenters. The first-order valence-corrected chi connectivity index (χ1v) is 7.40. The summed E-state index contributed by atoms with van der Waals surface area (Å²) in [6.45, 7) is 2.00. The lowest BCUT2D eigenvalue weighted by Crippen LogP contribution is -2.46. The van der Waals surface area contributed by atoms with Crippen LogP contribution >= 0.6 is 0 Å². The molecule has 2 bridgehead atoms. The first-order valence-electron chi connectivity index (χ1n) is 7.40. The van der Waals surface area contributed by atoms with Gasteiger partial charge in [0.05, 0.1) is 0 Å². The number of amides is 1. The molecule has 1 amide bonds. The molecule has 3 aliphatic rings. The fourth-order valence-electron chi connectivity index (χ4n) is 3.85. The van der Waals surface area contributed by atoms with Crippen molar-refractivity contribution in [2.45, 2.75) is 38.1 Å². The molecule has 0 aromatic heterocycles. The molecule has 0 aromatic carbocycles. The Balaban J connectivity index is 1.54. The van der Waals surface area contributed by atoms with Crippen molar-refractivity contribution in [1.29, 1.82) is 0 Å². The quantitative estimate of drug-likeness (QED) is 0.772. The van der Waals surface area contributed by atoms with E-state index in [9.17, 15) is 4.79 Å². The Kier molecular flexibility index (Phi) is 3.42. The lowest BCUT2D eigenvalue weighted by molar-refractivity contribution is -0.135. The summed E-state index contributed by atoms with van der Waals surface area (Å²) in [5.74, 6) is 1.86. The number of likely N-dealkylation sites (N-methyl/N-ethyl adjacent to an activating group) is 1. The van der Waals surface area contributed by atoms with Crippen molar-refractivity contribution in [3.63, 3.8) is 0 Å². The highest BCUT2D eigenvalue weighted by atomic mass is 16.2. The average molecular weight is 248 g/mol. The fourth-order valence-corrected chi connectivity index (χ4v) is 3.85. The molecule has 100 valence electrons. The molecule has 1 saturated heterocycles. The minimum Gasteiger partial charge on any atom is -0.344 e. The first kappa shape index (κ1) is 12.2. The molecule has 0 radical (unpaired) electrons. The number of hydrogen-bond acceptors (Lipinski definition) is 2. The second-order valence-electron chi connectivity index (χ2n) is 6.25. The molecule has 1 heterocycles. The molecule has 0 aromatic rings. The van der Waals surface area contributed by atoms with Gasteiger partial charge in [-0.2, -0.15) is 0 Å². The van der Waals surface area contributed by atoms with Crippen LogP contribution in [0.2, 0.25) is 0 Å². The Hall–Kier alpha value is -0.830. The average Bonchev–Trinajstić information content (AvgIpc) is 3.01. The maximum absolute atomic E-state index is 12.5. The molecule has 3 heteroatoms. The van der Waals surface area contributed by atoms with E-state index in [4.69, 9.17) is 0 Å². The van der Waals surface area contributed by atoms with Crippen LogP contribution in [0.3, 0.4) is 0 Å². The van der Waals surface area contributed by atoms with Gasteiger partial charge in [-0.25, -0.2) is 0 Å². The van der Waals surface area contributed by atoms with Gasteiger partial charge in [0.2, 0.25) is 5.91 Å². The topological polar surface area (TPSA) is 32.3 Å². The van der Waals surface area contributed by atoms with Gasteiger partial charge in [0, 0.05) is 25.6 Å². The molecule has 2 fully saturated rings. The molecule has 18 heavy (non-hydrogen) atoms. The van der Waals surface area contributed by atoms with Crippen LogP contribution in [0.25, 0.3) is 0 Å². The Morgan fingerprint density at radius 3 is 2.83 bits per heavy atom. The number of rotatable bonds is 3. The van der Waals surface area contributed by atoms with Gasteiger partial charge < -0.3 is 10.2 Å². The van der Waals surface area contributed by atoms with Crippen LogP contribution < -0.4 is 5.32 Å². The highest BCUT2D eigenvalue weighted by Crippen LogP contribution is 2.44. The van der Waals surface area contributed by atoms with E-state index in [0.717, 1.165) is 19.5 Å². The summed E-state index contributed by atoms with van der Waals surface area (Å²) in [4.78, 5) is 14.4. The minimum atomic E-state index is 0.272. The van der Waals surface area contributed by atoms with Gasteiger partial charge >= 0.3 is 0 Å². The zero-order chi connectivity index (χ0) is 12.5. The Morgan fingerprint density at radius 2 is 2.22 bits per heavy atom. The third-order valence-corrected chi connectivity index (χ3v) is 4.88. The number of allylic oxidation sites excluding steroid dienone is 2. The number of fused-ring (bicyclic) bond motifs is 2. The molecule has 1 aliphatic heterocycles. The zero-order valence-electron chi connectivity index (χ0n) is 11.3. The summed E-state index contributed by atoms with van der Waals surface area (Å²) in [6, 6.07) is 0.516. The van der Waals surface area contributed by atoms with Crippen molar-refractivity contribution in [2.75, 3.05) is 20.1 Å². The van der Waals surface area contributed by atoms with Crippen LogP contribution in [-0.2, 0) is 4.79 Å². The summed E-state index contributed by atoms with van der Waals surface area (Å²) in [5, 5.41) is 3.52. The van der Waals surface area contributed by atoms with E-state index in [1.54, 1.807) is 0 Å². The van der Waals surface area contributed by atoms with Gasteiger partial charge in [0.25, 0.3) is 0 Å². The molecule has 3 nitrogen and oxygen atoms in total. The van der Waals surface area contributed by atoms with E-state index >= 15 is 0 Å². The summed E-state index contributed by atoms with van der Waals surface area (Å²) in [7, 11) is 1.98. The largest absolute Gasteiger partial charge is 0.344 e. The van der Waals surface area contributed by atoms with E-state index in [2.05, 4.69) is 17.5 Å². The van der Waals surface area contributed by atoms with Crippen molar-refractivity contribution in [2.24, 2.45) is 17.8 Å². The minimum absolute atomic E-state index is 0.272. The van der Waals surface area contributed by atoms with Gasteiger partial charge in [-0.05, 0) is 44.1 Å². The summed E-state index contributed by atoms with van der Waals surface area (Å²) >= 11 is 0. The van der Waals surface area contributed by atoms with E-state index < -0.39 is 0 Å². The molecule has 1 N–H and O–H groups in total. The van der Waals surface area contributed by atoms with Crippen LogP contribution in [0, 0.1) is 17.8 Å². The molecular formula is C15H24N2O. The predicted molar refractivity (Wildman–Crippen MR) is 72.1 cm³/mol. The maximum Gasteiger partial charge on any atom is 0.226 e. The monoisotopic (exact) mass is 248 g/mol. The lowest BCUT2D eigenvalue weighted by atomic mass is 9.92. The molecule has 1 saturated carbocycles. The number of nitrogens with zero attached hydrogens (tertiary/aromatic N) is 1. The van der Waals surface area contributed by atoms with Gasteiger partial charge in [0.1, 0.15) is 0 Å². The Morgan fingerprint density at radius 1 is 1.33 bits per heavy atom. The Labute approximate surface area is 110 Å². The van der Waals surface area contributed by atoms with Gasteiger partial charge in [0.15, 0.2) is 0 Å². The summed E-state index contributed by atoms with van der Waals surface area (Å²) in [6.07, 6.45) is 10.7. The number of carbonyl (C=O) groups excluding carboxylic acids is 1. The fraction of sp³-hybridized carbons (Fsp3) is 0.800. The second kappa shape index (κ2) is 5.04. The summed E-state index contributed by atoms with van der Waals surface area (Å²) in [5.41, 5.74) is 0. The third kappa shape index (κ3) is 2.33. The number of carbonyl (C=O) groups is 1. The number of piperidine rings is 1. The van der Waals surface area contributed by atoms with Crippen molar-refractivity contribution >= 4 is 5.91 Å². The van der Waals surface area contributed by atoms with Crippen LogP contribution in [-0.4, -0.2) is 37.0 Å². The highest BCUT2D eigenvalue weighted by molar-refractivity contribution is 5.80. The van der Waals surface area contributed by atoms with Crippen molar-refractivity contribution in [3.05, 3.63) is 12.2 Å². The highest BCUT2D eigenvalue weighted by Gasteiger charge is 2.41. The molecule has 3 rings (SSSR count). The molecule has 0 spiro atoms. The predicted octanol–water partition coefficient (Wildman–Crippen LogP) is 1.80. The van der Waals surface area contributed by atoms with Gasteiger partial charge in [-0.15, -0.1) is 0 Å². The van der Waals surface area contributed by atoms with Gasteiger partial charge in [-0.3, -0.25) is 4.79 Å².